The predicted molar refractivity (Wildman–Crippen MR) is 69.4 cm³/mol. The van der Waals surface area contributed by atoms with Crippen LogP contribution in [-0.4, -0.2) is 19.5 Å². The molecule has 1 aromatic carbocycles. The van der Waals surface area contributed by atoms with Gasteiger partial charge in [0.25, 0.3) is 0 Å². The number of aromatic nitrogens is 4. The molecule has 2 heterocycles. The molecule has 3 aromatic rings. The van der Waals surface area contributed by atoms with E-state index in [-0.39, 0.29) is 0 Å². The lowest BCUT2D eigenvalue weighted by molar-refractivity contribution is 1.06. The minimum atomic E-state index is 0.839. The second-order valence-electron chi connectivity index (χ2n) is 3.29. The Morgan fingerprint density at radius 2 is 1.81 bits per heavy atom. The van der Waals surface area contributed by atoms with Crippen LogP contribution in [0.2, 0.25) is 0 Å². The van der Waals surface area contributed by atoms with Crippen LogP contribution in [0.5, 0.6) is 0 Å². The smallest absolute Gasteiger partial charge is 0.168 e. The first-order chi connectivity index (χ1) is 7.86. The lowest BCUT2D eigenvalue weighted by atomic mass is 10.3. The van der Waals surface area contributed by atoms with Crippen molar-refractivity contribution in [3.8, 4) is 5.69 Å². The van der Waals surface area contributed by atoms with Gasteiger partial charge in [-0.25, -0.2) is 15.0 Å². The minimum Gasteiger partial charge on any atom is -0.283 e. The summed E-state index contributed by atoms with van der Waals surface area (Å²) in [5.41, 5.74) is 2.73. The van der Waals surface area contributed by atoms with Crippen molar-refractivity contribution in [2.24, 2.45) is 0 Å². The summed E-state index contributed by atoms with van der Waals surface area (Å²) >= 11 is 2.16. The van der Waals surface area contributed by atoms with Crippen molar-refractivity contribution in [1.82, 2.24) is 19.5 Å². The van der Waals surface area contributed by atoms with Crippen LogP contribution in [0.4, 0.5) is 0 Å². The Hall–Kier alpha value is -1.50. The molecule has 3 rings (SSSR count). The highest BCUT2D eigenvalue weighted by Crippen LogP contribution is 2.18. The largest absolute Gasteiger partial charge is 0.283 e. The molecule has 4 nitrogen and oxygen atoms in total. The Kier molecular flexibility index (Phi) is 2.32. The molecule has 0 amide bonds. The molecule has 2 aromatic heterocycles. The fourth-order valence-corrected chi connectivity index (χ4v) is 2.09. The number of nitrogens with zero attached hydrogens (tertiary/aromatic N) is 4. The van der Waals surface area contributed by atoms with E-state index in [2.05, 4.69) is 37.5 Å². The molecule has 0 fully saturated rings. The van der Waals surface area contributed by atoms with E-state index < -0.39 is 0 Å². The molecule has 16 heavy (non-hydrogen) atoms. The van der Waals surface area contributed by atoms with Gasteiger partial charge in [0.1, 0.15) is 21.9 Å². The molecule has 0 bridgehead atoms. The normalized spacial score (nSPS) is 10.8. The molecule has 78 valence electrons. The summed E-state index contributed by atoms with van der Waals surface area (Å²) < 4.78 is 2.83. The Bertz CT molecular complexity index is 633. The molecule has 0 spiro atoms. The van der Waals surface area contributed by atoms with E-state index in [1.807, 2.05) is 34.9 Å². The van der Waals surface area contributed by atoms with E-state index in [1.54, 1.807) is 12.7 Å². The molecule has 0 saturated heterocycles. The molecule has 0 aliphatic rings. The number of para-hydroxylation sites is 1. The first kappa shape index (κ1) is 9.71. The van der Waals surface area contributed by atoms with Gasteiger partial charge in [0, 0.05) is 5.69 Å². The first-order valence-electron chi connectivity index (χ1n) is 4.75. The molecule has 0 aliphatic heterocycles. The quantitative estimate of drug-likeness (QED) is 0.510. The summed E-state index contributed by atoms with van der Waals surface area (Å²) in [6.07, 6.45) is 3.34. The van der Waals surface area contributed by atoms with E-state index in [1.165, 1.54) is 0 Å². The fraction of sp³-hybridized carbons (Fsp3) is 0. The molecular weight excluding hydrogens is 315 g/mol. The van der Waals surface area contributed by atoms with Gasteiger partial charge in [-0.3, -0.25) is 4.57 Å². The van der Waals surface area contributed by atoms with E-state index in [4.69, 9.17) is 0 Å². The number of hydrogen-bond donors (Lipinski definition) is 0. The number of halogens is 1. The Balaban J connectivity index is 2.30. The van der Waals surface area contributed by atoms with Crippen molar-refractivity contribution in [2.45, 2.75) is 0 Å². The Morgan fingerprint density at radius 3 is 2.62 bits per heavy atom. The maximum Gasteiger partial charge on any atom is 0.168 e. The molecule has 0 radical (unpaired) electrons. The van der Waals surface area contributed by atoms with Gasteiger partial charge in [0.2, 0.25) is 0 Å². The molecule has 0 saturated carbocycles. The zero-order chi connectivity index (χ0) is 11.0. The minimum absolute atomic E-state index is 0.839. The van der Waals surface area contributed by atoms with Crippen molar-refractivity contribution >= 4 is 33.8 Å². The SMILES string of the molecule is Ic1ncnc2c1ncn2-c1ccccc1. The van der Waals surface area contributed by atoms with Gasteiger partial charge >= 0.3 is 0 Å². The van der Waals surface area contributed by atoms with Crippen LogP contribution < -0.4 is 0 Å². The zero-order valence-electron chi connectivity index (χ0n) is 8.21. The van der Waals surface area contributed by atoms with Gasteiger partial charge < -0.3 is 0 Å². The van der Waals surface area contributed by atoms with Crippen LogP contribution in [0.3, 0.4) is 0 Å². The van der Waals surface area contributed by atoms with Gasteiger partial charge in [-0.2, -0.15) is 0 Å². The third-order valence-corrected chi connectivity index (χ3v) is 3.11. The van der Waals surface area contributed by atoms with Crippen LogP contribution in [0.1, 0.15) is 0 Å². The van der Waals surface area contributed by atoms with E-state index in [9.17, 15) is 0 Å². The number of fused-ring (bicyclic) bond motifs is 1. The molecule has 5 heteroatoms. The summed E-state index contributed by atoms with van der Waals surface area (Å²) in [5, 5.41) is 0. The first-order valence-corrected chi connectivity index (χ1v) is 5.83. The second-order valence-corrected chi connectivity index (χ2v) is 4.31. The summed E-state index contributed by atoms with van der Waals surface area (Å²) in [5.74, 6) is 0. The predicted octanol–water partition coefficient (Wildman–Crippen LogP) is 2.42. The third kappa shape index (κ3) is 1.47. The zero-order valence-corrected chi connectivity index (χ0v) is 10.4. The lowest BCUT2D eigenvalue weighted by Gasteiger charge is -2.02. The van der Waals surface area contributed by atoms with Crippen molar-refractivity contribution in [3.63, 3.8) is 0 Å². The van der Waals surface area contributed by atoms with E-state index in [0.29, 0.717) is 0 Å². The molecule has 0 aliphatic carbocycles. The standard InChI is InChI=1S/C11H7IN4/c12-10-9-11(14-6-13-10)16(7-15-9)8-4-2-1-3-5-8/h1-7H. The maximum atomic E-state index is 4.33. The number of imidazole rings is 1. The van der Waals surface area contributed by atoms with Crippen LogP contribution in [0.15, 0.2) is 43.0 Å². The summed E-state index contributed by atoms with van der Waals surface area (Å²) in [4.78, 5) is 12.7. The van der Waals surface area contributed by atoms with Crippen LogP contribution in [-0.2, 0) is 0 Å². The van der Waals surface area contributed by atoms with E-state index >= 15 is 0 Å². The number of rotatable bonds is 1. The Morgan fingerprint density at radius 1 is 1.00 bits per heavy atom. The highest BCUT2D eigenvalue weighted by atomic mass is 127. The second kappa shape index (κ2) is 3.82. The van der Waals surface area contributed by atoms with Crippen LogP contribution in [0.25, 0.3) is 16.9 Å². The molecular formula is C11H7IN4. The lowest BCUT2D eigenvalue weighted by Crippen LogP contribution is -1.94. The molecule has 0 N–H and O–H groups in total. The number of benzene rings is 1. The average Bonchev–Trinajstić information content (AvgIpc) is 2.75. The van der Waals surface area contributed by atoms with E-state index in [0.717, 1.165) is 20.6 Å². The summed E-state index contributed by atoms with van der Waals surface area (Å²) in [6, 6.07) is 10.0. The highest BCUT2D eigenvalue weighted by molar-refractivity contribution is 14.1. The van der Waals surface area contributed by atoms with Crippen LogP contribution in [0, 0.1) is 3.70 Å². The fourth-order valence-electron chi connectivity index (χ4n) is 1.58. The van der Waals surface area contributed by atoms with Crippen molar-refractivity contribution in [1.29, 1.82) is 0 Å². The topological polar surface area (TPSA) is 43.6 Å². The summed E-state index contributed by atoms with van der Waals surface area (Å²) in [7, 11) is 0. The summed E-state index contributed by atoms with van der Waals surface area (Å²) in [6.45, 7) is 0. The van der Waals surface area contributed by atoms with Crippen molar-refractivity contribution in [3.05, 3.63) is 46.7 Å². The van der Waals surface area contributed by atoms with Crippen molar-refractivity contribution in [2.75, 3.05) is 0 Å². The third-order valence-electron chi connectivity index (χ3n) is 2.32. The maximum absolute atomic E-state index is 4.33. The van der Waals surface area contributed by atoms with Gasteiger partial charge in [0.15, 0.2) is 5.65 Å². The van der Waals surface area contributed by atoms with Crippen LogP contribution >= 0.6 is 22.6 Å². The molecule has 0 unspecified atom stereocenters. The van der Waals surface area contributed by atoms with Gasteiger partial charge in [-0.1, -0.05) is 18.2 Å². The molecule has 0 atom stereocenters. The van der Waals surface area contributed by atoms with Crippen molar-refractivity contribution < 1.29 is 0 Å². The van der Waals surface area contributed by atoms with Gasteiger partial charge in [-0.05, 0) is 34.7 Å². The highest BCUT2D eigenvalue weighted by Gasteiger charge is 2.08. The number of hydrogen-bond acceptors (Lipinski definition) is 3. The monoisotopic (exact) mass is 322 g/mol. The van der Waals surface area contributed by atoms with Gasteiger partial charge in [-0.15, -0.1) is 0 Å². The van der Waals surface area contributed by atoms with Gasteiger partial charge in [0.05, 0.1) is 0 Å². The average molecular weight is 322 g/mol. The Labute approximate surface area is 106 Å².